The van der Waals surface area contributed by atoms with Gasteiger partial charge in [-0.05, 0) is 30.3 Å². The number of alkyl halides is 6. The van der Waals surface area contributed by atoms with Crippen molar-refractivity contribution in [3.05, 3.63) is 53.6 Å². The topological polar surface area (TPSA) is 78.4 Å². The quantitative estimate of drug-likeness (QED) is 0.411. The average Bonchev–Trinajstić information content (AvgIpc) is 2.55. The van der Waals surface area contributed by atoms with Crippen LogP contribution >= 0.6 is 0 Å². The summed E-state index contributed by atoms with van der Waals surface area (Å²) in [6.07, 6.45) is -10.2. The summed E-state index contributed by atoms with van der Waals surface area (Å²) in [7, 11) is 0. The van der Waals surface area contributed by atoms with Gasteiger partial charge in [-0.15, -0.1) is 0 Å². The summed E-state index contributed by atoms with van der Waals surface area (Å²) in [6, 6.07) is 5.67. The molecule has 0 radical (unpaired) electrons. The van der Waals surface area contributed by atoms with E-state index in [0.717, 1.165) is 0 Å². The van der Waals surface area contributed by atoms with Crippen molar-refractivity contribution < 1.29 is 41.0 Å². The minimum atomic E-state index is -5.10. The second-order valence-corrected chi connectivity index (χ2v) is 5.22. The van der Waals surface area contributed by atoms with E-state index in [1.54, 1.807) is 5.32 Å². The van der Waals surface area contributed by atoms with E-state index in [9.17, 15) is 41.0 Å². The van der Waals surface area contributed by atoms with Crippen molar-refractivity contribution in [2.75, 3.05) is 10.6 Å². The molecular formula is C16H10F6N2O3. The Labute approximate surface area is 147 Å². The fourth-order valence-electron chi connectivity index (χ4n) is 1.97. The van der Waals surface area contributed by atoms with Crippen LogP contribution in [0.1, 0.15) is 11.1 Å². The predicted molar refractivity (Wildman–Crippen MR) is 81.8 cm³/mol. The maximum absolute atomic E-state index is 12.8. The second-order valence-electron chi connectivity index (χ2n) is 5.22. The van der Waals surface area contributed by atoms with Crippen molar-refractivity contribution in [2.45, 2.75) is 12.4 Å². The molecule has 144 valence electrons. The molecule has 0 aliphatic heterocycles. The van der Waals surface area contributed by atoms with Crippen molar-refractivity contribution in [3.8, 4) is 5.75 Å². The third kappa shape index (κ3) is 5.12. The Morgan fingerprint density at radius 1 is 0.778 bits per heavy atom. The van der Waals surface area contributed by atoms with Crippen molar-refractivity contribution in [3.63, 3.8) is 0 Å². The molecule has 0 atom stereocenters. The van der Waals surface area contributed by atoms with E-state index >= 15 is 0 Å². The first-order valence-electron chi connectivity index (χ1n) is 7.08. The number of aromatic hydroxyl groups is 1. The highest BCUT2D eigenvalue weighted by molar-refractivity contribution is 6.43. The van der Waals surface area contributed by atoms with Crippen molar-refractivity contribution in [1.82, 2.24) is 0 Å². The number of rotatable bonds is 2. The molecule has 27 heavy (non-hydrogen) atoms. The van der Waals surface area contributed by atoms with Gasteiger partial charge in [0.15, 0.2) is 0 Å². The van der Waals surface area contributed by atoms with E-state index < -0.39 is 46.7 Å². The number of carbonyl (C=O) groups excluding carboxylic acids is 2. The fourth-order valence-corrected chi connectivity index (χ4v) is 1.97. The summed E-state index contributed by atoms with van der Waals surface area (Å²) in [4.78, 5) is 23.5. The van der Waals surface area contributed by atoms with E-state index in [1.807, 2.05) is 5.32 Å². The Kier molecular flexibility index (Phi) is 5.33. The molecule has 0 aliphatic carbocycles. The molecule has 0 spiro atoms. The van der Waals surface area contributed by atoms with Crippen molar-refractivity contribution in [2.24, 2.45) is 0 Å². The van der Waals surface area contributed by atoms with Crippen LogP contribution in [-0.2, 0) is 21.9 Å². The Bertz CT molecular complexity index is 845. The fraction of sp³-hybridized carbons (Fsp3) is 0.125. The number of phenols is 1. The van der Waals surface area contributed by atoms with Crippen LogP contribution in [0.2, 0.25) is 0 Å². The van der Waals surface area contributed by atoms with Crippen LogP contribution in [-0.4, -0.2) is 16.9 Å². The minimum absolute atomic E-state index is 0.113. The standard InChI is InChI=1S/C16H10F6N2O3/c17-15(18,19)8-5-9(16(20,21)22)7-10(6-8)23-13(26)14(27)24-11-3-1-2-4-12(11)25/h1-7,25H,(H,23,26)(H,24,27). The molecule has 2 aromatic rings. The summed E-state index contributed by atoms with van der Waals surface area (Å²) in [6.45, 7) is 0. The number of amides is 2. The monoisotopic (exact) mass is 392 g/mol. The zero-order valence-electron chi connectivity index (χ0n) is 13.1. The van der Waals surface area contributed by atoms with Gasteiger partial charge in [-0.1, -0.05) is 12.1 Å². The number of halogens is 6. The molecule has 0 unspecified atom stereocenters. The number of benzene rings is 2. The zero-order chi connectivity index (χ0) is 20.4. The summed E-state index contributed by atoms with van der Waals surface area (Å²) in [5, 5.41) is 13.1. The number of phenolic OH excluding ortho intramolecular Hbond substituents is 1. The van der Waals surface area contributed by atoms with Gasteiger partial charge < -0.3 is 15.7 Å². The lowest BCUT2D eigenvalue weighted by atomic mass is 10.1. The van der Waals surface area contributed by atoms with E-state index in [2.05, 4.69) is 0 Å². The number of anilines is 2. The molecule has 0 aromatic heterocycles. The first-order chi connectivity index (χ1) is 12.4. The first-order valence-corrected chi connectivity index (χ1v) is 7.08. The molecule has 0 saturated carbocycles. The van der Waals surface area contributed by atoms with Gasteiger partial charge in [0.25, 0.3) is 0 Å². The third-order valence-corrected chi connectivity index (χ3v) is 3.20. The van der Waals surface area contributed by atoms with Crippen LogP contribution in [0, 0.1) is 0 Å². The predicted octanol–water partition coefficient (Wildman–Crippen LogP) is 4.01. The molecule has 5 nitrogen and oxygen atoms in total. The Balaban J connectivity index is 2.26. The Morgan fingerprint density at radius 3 is 1.74 bits per heavy atom. The molecule has 0 heterocycles. The van der Waals surface area contributed by atoms with Gasteiger partial charge >= 0.3 is 24.2 Å². The van der Waals surface area contributed by atoms with Gasteiger partial charge in [0, 0.05) is 5.69 Å². The first kappa shape index (κ1) is 20.1. The lowest BCUT2D eigenvalue weighted by molar-refractivity contribution is -0.143. The smallest absolute Gasteiger partial charge is 0.416 e. The molecule has 0 aliphatic rings. The van der Waals surface area contributed by atoms with Crippen LogP contribution in [0.4, 0.5) is 37.7 Å². The SMILES string of the molecule is O=C(Nc1cc(C(F)(F)F)cc(C(F)(F)F)c1)C(=O)Nc1ccccc1O. The van der Waals surface area contributed by atoms with Crippen LogP contribution in [0.5, 0.6) is 5.75 Å². The Hall–Kier alpha value is -3.24. The number of nitrogens with one attached hydrogen (secondary N) is 2. The summed E-state index contributed by atoms with van der Waals surface area (Å²) >= 11 is 0. The van der Waals surface area contributed by atoms with Crippen LogP contribution in [0.15, 0.2) is 42.5 Å². The van der Waals surface area contributed by atoms with E-state index in [-0.39, 0.29) is 23.9 Å². The van der Waals surface area contributed by atoms with Crippen LogP contribution in [0.3, 0.4) is 0 Å². The molecule has 2 aromatic carbocycles. The average molecular weight is 392 g/mol. The highest BCUT2D eigenvalue weighted by Crippen LogP contribution is 2.37. The molecule has 11 heteroatoms. The van der Waals surface area contributed by atoms with Crippen molar-refractivity contribution >= 4 is 23.2 Å². The molecule has 3 N–H and O–H groups in total. The maximum Gasteiger partial charge on any atom is 0.416 e. The van der Waals surface area contributed by atoms with E-state index in [4.69, 9.17) is 0 Å². The lowest BCUT2D eigenvalue weighted by Crippen LogP contribution is -2.29. The summed E-state index contributed by atoms with van der Waals surface area (Å²) < 4.78 is 76.7. The highest BCUT2D eigenvalue weighted by Gasteiger charge is 2.37. The van der Waals surface area contributed by atoms with Gasteiger partial charge in [0.05, 0.1) is 16.8 Å². The largest absolute Gasteiger partial charge is 0.506 e. The molecule has 2 rings (SSSR count). The highest BCUT2D eigenvalue weighted by atomic mass is 19.4. The van der Waals surface area contributed by atoms with Gasteiger partial charge in [-0.3, -0.25) is 9.59 Å². The molecule has 0 bridgehead atoms. The summed E-state index contributed by atoms with van der Waals surface area (Å²) in [5.41, 5.74) is -4.32. The molecule has 2 amide bonds. The van der Waals surface area contributed by atoms with E-state index in [0.29, 0.717) is 0 Å². The van der Waals surface area contributed by atoms with Gasteiger partial charge in [0.2, 0.25) is 0 Å². The normalized spacial score (nSPS) is 11.8. The Morgan fingerprint density at radius 2 is 1.26 bits per heavy atom. The van der Waals surface area contributed by atoms with Gasteiger partial charge in [-0.2, -0.15) is 26.3 Å². The molecule has 0 saturated heterocycles. The summed E-state index contributed by atoms with van der Waals surface area (Å²) in [5.74, 6) is -3.31. The van der Waals surface area contributed by atoms with Gasteiger partial charge in [0.1, 0.15) is 5.75 Å². The second kappa shape index (κ2) is 7.17. The third-order valence-electron chi connectivity index (χ3n) is 3.20. The van der Waals surface area contributed by atoms with Gasteiger partial charge in [-0.25, -0.2) is 0 Å². The molecule has 0 fully saturated rings. The molecular weight excluding hydrogens is 382 g/mol. The maximum atomic E-state index is 12.8. The van der Waals surface area contributed by atoms with Crippen molar-refractivity contribution in [1.29, 1.82) is 0 Å². The minimum Gasteiger partial charge on any atom is -0.506 e. The van der Waals surface area contributed by atoms with Crippen LogP contribution < -0.4 is 10.6 Å². The number of carbonyl (C=O) groups is 2. The lowest BCUT2D eigenvalue weighted by Gasteiger charge is -2.14. The van der Waals surface area contributed by atoms with Crippen LogP contribution in [0.25, 0.3) is 0 Å². The zero-order valence-corrected chi connectivity index (χ0v) is 13.1. The number of hydrogen-bond acceptors (Lipinski definition) is 3. The number of hydrogen-bond donors (Lipinski definition) is 3. The number of para-hydroxylation sites is 2. The van der Waals surface area contributed by atoms with E-state index in [1.165, 1.54) is 24.3 Å².